The molecule has 0 amide bonds. The van der Waals surface area contributed by atoms with Gasteiger partial charge in [0.1, 0.15) is 19.3 Å². The van der Waals surface area contributed by atoms with Crippen LogP contribution >= 0.6 is 0 Å². The fraction of sp³-hybridized carbons (Fsp3) is 0.731. The van der Waals surface area contributed by atoms with E-state index in [1.165, 1.54) is 0 Å². The summed E-state index contributed by atoms with van der Waals surface area (Å²) in [6.45, 7) is 5.16. The molecule has 2 fully saturated rings. The van der Waals surface area contributed by atoms with Crippen molar-refractivity contribution >= 4 is 41.8 Å². The molecule has 0 aromatic rings. The van der Waals surface area contributed by atoms with E-state index in [1.54, 1.807) is 0 Å². The Kier molecular flexibility index (Phi) is 13.0. The Bertz CT molecular complexity index is 1100. The Morgan fingerprint density at radius 2 is 1.11 bits per heavy atom. The summed E-state index contributed by atoms with van der Waals surface area (Å²) in [7, 11) is 0. The maximum atomic E-state index is 12.2. The van der Waals surface area contributed by atoms with Gasteiger partial charge in [-0.1, -0.05) is 0 Å². The molecule has 248 valence electrons. The zero-order valence-electron chi connectivity index (χ0n) is 25.1. The monoisotopic (exact) mass is 636 g/mol. The summed E-state index contributed by atoms with van der Waals surface area (Å²) in [5, 5.41) is 11.5. The molecule has 18 nitrogen and oxygen atoms in total. The highest BCUT2D eigenvalue weighted by Crippen LogP contribution is 2.36. The van der Waals surface area contributed by atoms with Crippen molar-refractivity contribution in [3.63, 3.8) is 0 Å². The van der Waals surface area contributed by atoms with Crippen molar-refractivity contribution in [1.82, 2.24) is 0 Å². The third-order valence-electron chi connectivity index (χ3n) is 5.94. The zero-order valence-corrected chi connectivity index (χ0v) is 25.1. The molecule has 0 unspecified atom stereocenters. The van der Waals surface area contributed by atoms with Crippen LogP contribution in [0.2, 0.25) is 0 Å². The van der Waals surface area contributed by atoms with Crippen LogP contribution in [0.15, 0.2) is 0 Å². The lowest BCUT2D eigenvalue weighted by Gasteiger charge is -2.49. The molecule has 0 aromatic carbocycles. The predicted molar refractivity (Wildman–Crippen MR) is 135 cm³/mol. The molecule has 9 atom stereocenters. The number of rotatable bonds is 11. The summed E-state index contributed by atoms with van der Waals surface area (Å²) >= 11 is 0. The second-order valence-corrected chi connectivity index (χ2v) is 9.78. The largest absolute Gasteiger partial charge is 0.463 e. The lowest BCUT2D eigenvalue weighted by Crippen LogP contribution is -2.69. The summed E-state index contributed by atoms with van der Waals surface area (Å²) in [4.78, 5) is 83.5. The first-order chi connectivity index (χ1) is 20.4. The molecule has 44 heavy (non-hydrogen) atoms. The summed E-state index contributed by atoms with van der Waals surface area (Å²) in [5.41, 5.74) is 0. The van der Waals surface area contributed by atoms with Gasteiger partial charge in [0.2, 0.25) is 5.79 Å². The number of carbonyl (C=O) groups is 7. The lowest BCUT2D eigenvalue weighted by molar-refractivity contribution is -0.387. The predicted octanol–water partition coefficient (Wildman–Crippen LogP) is -1.40. The van der Waals surface area contributed by atoms with Gasteiger partial charge in [-0.15, -0.1) is 0 Å². The van der Waals surface area contributed by atoms with Crippen molar-refractivity contribution in [1.29, 1.82) is 0 Å². The molecule has 0 bridgehead atoms. The van der Waals surface area contributed by atoms with E-state index in [1.807, 2.05) is 0 Å². The Balaban J connectivity index is 2.69. The molecule has 0 radical (unpaired) electrons. The molecular formula is C26H36O18. The third-order valence-corrected chi connectivity index (χ3v) is 5.94. The van der Waals surface area contributed by atoms with E-state index in [0.717, 1.165) is 48.5 Å². The molecular weight excluding hydrogens is 600 g/mol. The molecule has 18 heteroatoms. The molecule has 2 saturated heterocycles. The summed E-state index contributed by atoms with van der Waals surface area (Å²) in [6.07, 6.45) is -13.2. The Labute approximate surface area is 251 Å². The normalized spacial score (nSPS) is 31.5. The number of hydrogen-bond acceptors (Lipinski definition) is 18. The molecule has 2 aliphatic rings. The van der Waals surface area contributed by atoms with E-state index in [4.69, 9.17) is 47.4 Å². The Morgan fingerprint density at radius 1 is 0.636 bits per heavy atom. The first-order valence-corrected chi connectivity index (χ1v) is 13.2. The van der Waals surface area contributed by atoms with E-state index in [0.29, 0.717) is 0 Å². The maximum Gasteiger partial charge on any atom is 0.303 e. The molecule has 0 aromatic heterocycles. The van der Waals surface area contributed by atoms with Crippen LogP contribution in [-0.2, 0) is 80.9 Å². The first kappa shape index (κ1) is 36.3. The molecule has 2 rings (SSSR count). The van der Waals surface area contributed by atoms with Crippen LogP contribution in [0.1, 0.15) is 48.5 Å². The van der Waals surface area contributed by atoms with Crippen LogP contribution in [0, 0.1) is 0 Å². The van der Waals surface area contributed by atoms with Gasteiger partial charge in [-0.05, 0) is 0 Å². The summed E-state index contributed by atoms with van der Waals surface area (Å²) < 4.78 is 53.9. The van der Waals surface area contributed by atoms with Crippen molar-refractivity contribution < 1.29 is 86.0 Å². The smallest absolute Gasteiger partial charge is 0.303 e. The first-order valence-electron chi connectivity index (χ1n) is 13.2. The van der Waals surface area contributed by atoms with Crippen LogP contribution in [0.5, 0.6) is 0 Å². The van der Waals surface area contributed by atoms with E-state index in [-0.39, 0.29) is 0 Å². The van der Waals surface area contributed by atoms with Crippen molar-refractivity contribution in [2.45, 2.75) is 103 Å². The van der Waals surface area contributed by atoms with Crippen molar-refractivity contribution in [3.8, 4) is 0 Å². The number of esters is 7. The van der Waals surface area contributed by atoms with E-state index >= 15 is 0 Å². The lowest BCUT2D eigenvalue weighted by atomic mass is 9.95. The fourth-order valence-corrected chi connectivity index (χ4v) is 4.45. The number of carbonyl (C=O) groups excluding carboxylic acids is 7. The maximum absolute atomic E-state index is 12.2. The highest BCUT2D eigenvalue weighted by Gasteiger charge is 2.59. The highest BCUT2D eigenvalue weighted by atomic mass is 16.8. The standard InChI is InChI=1S/C26H36O18/c1-11(27)35-8-18-20(39-14(4)30)22(41-16(6)32)23(42-17(7)33)25(43-18)44-24-21(40-15(5)31)19(38-13(3)29)9-37-26(24,34)10-36-12(2)28/h18-25,34H,8-10H2,1-7H3/t18-,19-,20+,21-,22+,23+,24-,25+,26-/m1/s1. The van der Waals surface area contributed by atoms with E-state index in [9.17, 15) is 38.7 Å². The molecule has 0 spiro atoms. The summed E-state index contributed by atoms with van der Waals surface area (Å²) in [6, 6.07) is 0. The third kappa shape index (κ3) is 10.4. The molecule has 0 saturated carbocycles. The molecule has 2 heterocycles. The van der Waals surface area contributed by atoms with Gasteiger partial charge in [0.05, 0.1) is 6.61 Å². The average Bonchev–Trinajstić information content (AvgIpc) is 2.87. The minimum absolute atomic E-state index is 0.562. The van der Waals surface area contributed by atoms with Crippen molar-refractivity contribution in [2.24, 2.45) is 0 Å². The SMILES string of the molecule is CC(=O)OC[C@H]1O[C@@H](O[C@@H]2[C@H](OC(C)=O)[C@H](OC(C)=O)CO[C@]2(O)COC(C)=O)[C@@H](OC(C)=O)[C@@H](OC(C)=O)[C@H]1OC(C)=O. The topological polar surface area (TPSA) is 232 Å². The quantitative estimate of drug-likeness (QED) is 0.203. The Morgan fingerprint density at radius 3 is 1.61 bits per heavy atom. The van der Waals surface area contributed by atoms with E-state index in [2.05, 4.69) is 0 Å². The van der Waals surface area contributed by atoms with Crippen LogP contribution in [-0.4, -0.2) is 122 Å². The summed E-state index contributed by atoms with van der Waals surface area (Å²) in [5.74, 6) is -8.72. The van der Waals surface area contributed by atoms with Crippen LogP contribution in [0.3, 0.4) is 0 Å². The second kappa shape index (κ2) is 15.7. The van der Waals surface area contributed by atoms with Crippen molar-refractivity contribution in [3.05, 3.63) is 0 Å². The highest BCUT2D eigenvalue weighted by molar-refractivity contribution is 5.69. The van der Waals surface area contributed by atoms with Crippen LogP contribution in [0.25, 0.3) is 0 Å². The minimum Gasteiger partial charge on any atom is -0.463 e. The van der Waals surface area contributed by atoms with Crippen LogP contribution in [0.4, 0.5) is 0 Å². The number of aliphatic hydroxyl groups is 1. The van der Waals surface area contributed by atoms with Gasteiger partial charge in [0, 0.05) is 48.5 Å². The van der Waals surface area contributed by atoms with Crippen molar-refractivity contribution in [2.75, 3.05) is 19.8 Å². The number of hydrogen-bond donors (Lipinski definition) is 1. The molecule has 0 aliphatic carbocycles. The molecule has 1 N–H and O–H groups in total. The Hall–Kier alpha value is -3.87. The van der Waals surface area contributed by atoms with Crippen LogP contribution < -0.4 is 0 Å². The molecule has 2 aliphatic heterocycles. The second-order valence-electron chi connectivity index (χ2n) is 9.78. The minimum atomic E-state index is -2.61. The van der Waals surface area contributed by atoms with E-state index < -0.39 is 116 Å². The van der Waals surface area contributed by atoms with Gasteiger partial charge in [0.25, 0.3) is 0 Å². The van der Waals surface area contributed by atoms with Gasteiger partial charge in [-0.2, -0.15) is 0 Å². The average molecular weight is 637 g/mol. The van der Waals surface area contributed by atoms with Gasteiger partial charge in [-0.3, -0.25) is 33.6 Å². The number of ether oxygens (including phenoxy) is 10. The fourth-order valence-electron chi connectivity index (χ4n) is 4.45. The zero-order chi connectivity index (χ0) is 33.4. The van der Waals surface area contributed by atoms with Gasteiger partial charge in [0.15, 0.2) is 42.9 Å². The van der Waals surface area contributed by atoms with Gasteiger partial charge in [-0.25, -0.2) is 0 Å². The van der Waals surface area contributed by atoms with Gasteiger partial charge >= 0.3 is 41.8 Å². The van der Waals surface area contributed by atoms with Gasteiger partial charge < -0.3 is 52.5 Å².